The third-order valence-corrected chi connectivity index (χ3v) is 3.66. The molecule has 2 rings (SSSR count). The van der Waals surface area contributed by atoms with Crippen molar-refractivity contribution in [2.45, 2.75) is 38.7 Å². The highest BCUT2D eigenvalue weighted by Crippen LogP contribution is 2.18. The summed E-state index contributed by atoms with van der Waals surface area (Å²) in [7, 11) is 0. The molecule has 0 radical (unpaired) electrons. The van der Waals surface area contributed by atoms with E-state index in [0.717, 1.165) is 12.8 Å². The van der Waals surface area contributed by atoms with Gasteiger partial charge in [-0.15, -0.1) is 0 Å². The summed E-state index contributed by atoms with van der Waals surface area (Å²) in [4.78, 5) is 13.7. The van der Waals surface area contributed by atoms with Gasteiger partial charge < -0.3 is 14.7 Å². The van der Waals surface area contributed by atoms with E-state index in [1.165, 1.54) is 5.56 Å². The van der Waals surface area contributed by atoms with Gasteiger partial charge in [0.15, 0.2) is 6.61 Å². The maximum absolute atomic E-state index is 12.0. The van der Waals surface area contributed by atoms with Crippen molar-refractivity contribution in [2.24, 2.45) is 0 Å². The quantitative estimate of drug-likeness (QED) is 0.917. The number of benzene rings is 1. The maximum atomic E-state index is 12.0. The van der Waals surface area contributed by atoms with Gasteiger partial charge in [-0.2, -0.15) is 0 Å². The van der Waals surface area contributed by atoms with Gasteiger partial charge in [-0.3, -0.25) is 4.79 Å². The number of rotatable bonds is 4. The molecular formula is C16H23NO3. The fourth-order valence-electron chi connectivity index (χ4n) is 2.37. The lowest BCUT2D eigenvalue weighted by atomic mass is 10.0. The van der Waals surface area contributed by atoms with Crippen molar-refractivity contribution < 1.29 is 14.6 Å². The zero-order valence-electron chi connectivity index (χ0n) is 12.2. The number of hydrogen-bond acceptors (Lipinski definition) is 3. The summed E-state index contributed by atoms with van der Waals surface area (Å²) >= 11 is 0. The zero-order valence-corrected chi connectivity index (χ0v) is 12.2. The van der Waals surface area contributed by atoms with Gasteiger partial charge in [0, 0.05) is 13.1 Å². The summed E-state index contributed by atoms with van der Waals surface area (Å²) in [5.41, 5.74) is 1.25. The topological polar surface area (TPSA) is 49.8 Å². The minimum atomic E-state index is -0.391. The first-order chi connectivity index (χ1) is 9.56. The van der Waals surface area contributed by atoms with Gasteiger partial charge in [0.1, 0.15) is 5.75 Å². The van der Waals surface area contributed by atoms with Crippen molar-refractivity contribution in [1.82, 2.24) is 4.90 Å². The first kappa shape index (κ1) is 14.9. The summed E-state index contributed by atoms with van der Waals surface area (Å²) < 4.78 is 5.52. The molecule has 0 saturated carbocycles. The lowest BCUT2D eigenvalue weighted by molar-refractivity contribution is -0.136. The van der Waals surface area contributed by atoms with Crippen molar-refractivity contribution >= 4 is 5.91 Å². The Morgan fingerprint density at radius 1 is 1.40 bits per heavy atom. The third kappa shape index (κ3) is 3.97. The molecule has 1 N–H and O–H groups in total. The molecule has 0 bridgehead atoms. The smallest absolute Gasteiger partial charge is 0.260 e. The molecular weight excluding hydrogens is 254 g/mol. The van der Waals surface area contributed by atoms with Gasteiger partial charge in [0.2, 0.25) is 0 Å². The van der Waals surface area contributed by atoms with Gasteiger partial charge in [-0.25, -0.2) is 0 Å². The second-order valence-electron chi connectivity index (χ2n) is 5.65. The predicted octanol–water partition coefficient (Wildman–Crippen LogP) is 2.17. The number of amides is 1. The monoisotopic (exact) mass is 277 g/mol. The molecule has 0 aliphatic carbocycles. The minimum absolute atomic E-state index is 0.0355. The minimum Gasteiger partial charge on any atom is -0.484 e. The first-order valence-electron chi connectivity index (χ1n) is 7.25. The molecule has 4 nitrogen and oxygen atoms in total. The first-order valence-corrected chi connectivity index (χ1v) is 7.25. The molecule has 110 valence electrons. The summed E-state index contributed by atoms with van der Waals surface area (Å²) in [6, 6.07) is 7.84. The molecule has 1 saturated heterocycles. The van der Waals surface area contributed by atoms with Gasteiger partial charge >= 0.3 is 0 Å². The Morgan fingerprint density at radius 3 is 2.70 bits per heavy atom. The zero-order chi connectivity index (χ0) is 14.5. The summed E-state index contributed by atoms with van der Waals surface area (Å²) in [6.45, 7) is 5.45. The van der Waals surface area contributed by atoms with E-state index < -0.39 is 6.10 Å². The van der Waals surface area contributed by atoms with Crippen LogP contribution in [0.25, 0.3) is 0 Å². The Kier molecular flexibility index (Phi) is 5.01. The maximum Gasteiger partial charge on any atom is 0.260 e. The molecule has 20 heavy (non-hydrogen) atoms. The van der Waals surface area contributed by atoms with Gasteiger partial charge in [0.05, 0.1) is 6.10 Å². The van der Waals surface area contributed by atoms with Crippen molar-refractivity contribution in [1.29, 1.82) is 0 Å². The van der Waals surface area contributed by atoms with Crippen LogP contribution >= 0.6 is 0 Å². The summed E-state index contributed by atoms with van der Waals surface area (Å²) in [5, 5.41) is 9.56. The Labute approximate surface area is 120 Å². The number of likely N-dealkylation sites (tertiary alicyclic amines) is 1. The molecule has 1 amide bonds. The largest absolute Gasteiger partial charge is 0.484 e. The van der Waals surface area contributed by atoms with Crippen molar-refractivity contribution in [2.75, 3.05) is 19.7 Å². The second-order valence-corrected chi connectivity index (χ2v) is 5.65. The molecule has 0 spiro atoms. The number of carbonyl (C=O) groups is 1. The van der Waals surface area contributed by atoms with Crippen LogP contribution in [0.3, 0.4) is 0 Å². The second kappa shape index (κ2) is 6.75. The molecule has 1 aliphatic heterocycles. The number of aliphatic hydroxyl groups excluding tert-OH is 1. The normalized spacial score (nSPS) is 19.2. The van der Waals surface area contributed by atoms with Crippen LogP contribution < -0.4 is 4.74 Å². The number of aliphatic hydroxyl groups is 1. The molecule has 4 heteroatoms. The van der Waals surface area contributed by atoms with E-state index in [1.807, 2.05) is 24.3 Å². The van der Waals surface area contributed by atoms with Gasteiger partial charge in [-0.05, 0) is 36.5 Å². The van der Waals surface area contributed by atoms with Crippen LogP contribution in [0.2, 0.25) is 0 Å². The average molecular weight is 277 g/mol. The van der Waals surface area contributed by atoms with E-state index in [9.17, 15) is 9.90 Å². The Balaban J connectivity index is 1.83. The fourth-order valence-corrected chi connectivity index (χ4v) is 2.37. The van der Waals surface area contributed by atoms with Crippen LogP contribution in [-0.4, -0.2) is 41.7 Å². The van der Waals surface area contributed by atoms with Crippen molar-refractivity contribution in [3.8, 4) is 5.75 Å². The number of piperidine rings is 1. The lowest BCUT2D eigenvalue weighted by Gasteiger charge is -2.30. The number of hydrogen-bond donors (Lipinski definition) is 1. The van der Waals surface area contributed by atoms with Crippen LogP contribution in [0, 0.1) is 0 Å². The standard InChI is InChI=1S/C16H23NO3/c1-12(2)13-5-7-15(8-6-13)20-11-16(19)17-9-3-4-14(18)10-17/h5-8,12,14,18H,3-4,9-11H2,1-2H3/t14-/m0/s1. The van der Waals surface area contributed by atoms with E-state index in [4.69, 9.17) is 4.74 Å². The third-order valence-electron chi connectivity index (χ3n) is 3.66. The van der Waals surface area contributed by atoms with E-state index in [0.29, 0.717) is 24.8 Å². The van der Waals surface area contributed by atoms with Gasteiger partial charge in [-0.1, -0.05) is 26.0 Å². The van der Waals surface area contributed by atoms with E-state index in [2.05, 4.69) is 13.8 Å². The van der Waals surface area contributed by atoms with Gasteiger partial charge in [0.25, 0.3) is 5.91 Å². The molecule has 1 aliphatic rings. The molecule has 1 aromatic rings. The summed E-state index contributed by atoms with van der Waals surface area (Å²) in [5.74, 6) is 1.14. The SMILES string of the molecule is CC(C)c1ccc(OCC(=O)N2CCC[C@H](O)C2)cc1. The fraction of sp³-hybridized carbons (Fsp3) is 0.562. The van der Waals surface area contributed by atoms with Crippen LogP contribution in [0.5, 0.6) is 5.75 Å². The summed E-state index contributed by atoms with van der Waals surface area (Å²) in [6.07, 6.45) is 1.25. The molecule has 0 unspecified atom stereocenters. The van der Waals surface area contributed by atoms with E-state index in [1.54, 1.807) is 4.90 Å². The average Bonchev–Trinajstić information content (AvgIpc) is 2.45. The van der Waals surface area contributed by atoms with Crippen LogP contribution in [0.1, 0.15) is 38.2 Å². The molecule has 1 fully saturated rings. The number of β-amino-alcohol motifs (C(OH)–C–C–N with tert-alkyl or cyclic N) is 1. The lowest BCUT2D eigenvalue weighted by Crippen LogP contribution is -2.44. The Morgan fingerprint density at radius 2 is 2.10 bits per heavy atom. The highest BCUT2D eigenvalue weighted by molar-refractivity contribution is 5.77. The number of nitrogens with zero attached hydrogens (tertiary/aromatic N) is 1. The number of ether oxygens (including phenoxy) is 1. The molecule has 1 atom stereocenters. The van der Waals surface area contributed by atoms with E-state index in [-0.39, 0.29) is 12.5 Å². The van der Waals surface area contributed by atoms with E-state index >= 15 is 0 Å². The van der Waals surface area contributed by atoms with Crippen LogP contribution in [0.15, 0.2) is 24.3 Å². The molecule has 1 aromatic carbocycles. The number of carbonyl (C=O) groups excluding carboxylic acids is 1. The van der Waals surface area contributed by atoms with Crippen LogP contribution in [-0.2, 0) is 4.79 Å². The van der Waals surface area contributed by atoms with Crippen molar-refractivity contribution in [3.05, 3.63) is 29.8 Å². The highest BCUT2D eigenvalue weighted by atomic mass is 16.5. The predicted molar refractivity (Wildman–Crippen MR) is 77.8 cm³/mol. The Bertz CT molecular complexity index is 442. The highest BCUT2D eigenvalue weighted by Gasteiger charge is 2.22. The molecule has 1 heterocycles. The molecule has 0 aromatic heterocycles. The Hall–Kier alpha value is -1.55. The van der Waals surface area contributed by atoms with Crippen LogP contribution in [0.4, 0.5) is 0 Å². The van der Waals surface area contributed by atoms with Crippen molar-refractivity contribution in [3.63, 3.8) is 0 Å².